The van der Waals surface area contributed by atoms with E-state index in [4.69, 9.17) is 0 Å². The summed E-state index contributed by atoms with van der Waals surface area (Å²) < 4.78 is 1.72. The third-order valence-electron chi connectivity index (χ3n) is 1.47. The number of aromatic nitrogens is 4. The fraction of sp³-hybridized carbons (Fsp3) is 0.125. The molecule has 0 aliphatic carbocycles. The van der Waals surface area contributed by atoms with Gasteiger partial charge in [0.1, 0.15) is 0 Å². The van der Waals surface area contributed by atoms with Crippen LogP contribution < -0.4 is 0 Å². The Morgan fingerprint density at radius 1 is 1.38 bits per heavy atom. The molecular weight excluding hydrogens is 344 g/mol. The van der Waals surface area contributed by atoms with E-state index in [9.17, 15) is 0 Å². The first-order valence-corrected chi connectivity index (χ1v) is 3.55. The van der Waals surface area contributed by atoms with E-state index in [1.807, 2.05) is 19.3 Å². The molecule has 0 N–H and O–H groups in total. The number of nitrogens with zero attached hydrogens (tertiary/aromatic N) is 4. The summed E-state index contributed by atoms with van der Waals surface area (Å²) in [5, 5.41) is 4.16. The van der Waals surface area contributed by atoms with Crippen molar-refractivity contribution in [2.24, 2.45) is 7.05 Å². The topological polar surface area (TPSA) is 43.6 Å². The molecule has 0 saturated carbocycles. The van der Waals surface area contributed by atoms with Gasteiger partial charge in [0.15, 0.2) is 0 Å². The van der Waals surface area contributed by atoms with Crippen molar-refractivity contribution in [2.45, 2.75) is 0 Å². The molecule has 2 rings (SSSR count). The van der Waals surface area contributed by atoms with Crippen LogP contribution in [0, 0.1) is 6.20 Å². The van der Waals surface area contributed by atoms with E-state index in [0.29, 0.717) is 5.69 Å². The van der Waals surface area contributed by atoms with Crippen molar-refractivity contribution in [2.75, 3.05) is 0 Å². The van der Waals surface area contributed by atoms with Crippen LogP contribution in [0.2, 0.25) is 0 Å². The summed E-state index contributed by atoms with van der Waals surface area (Å²) in [5.74, 6) is 0. The second-order valence-electron chi connectivity index (χ2n) is 2.39. The van der Waals surface area contributed by atoms with E-state index in [0.717, 1.165) is 5.69 Å². The third-order valence-corrected chi connectivity index (χ3v) is 1.47. The van der Waals surface area contributed by atoms with E-state index in [1.54, 1.807) is 17.1 Å². The van der Waals surface area contributed by atoms with Crippen molar-refractivity contribution in [1.29, 1.82) is 0 Å². The summed E-state index contributed by atoms with van der Waals surface area (Å²) in [6, 6.07) is 1.88. The zero-order valence-corrected chi connectivity index (χ0v) is 9.33. The Morgan fingerprint density at radius 3 is 2.77 bits per heavy atom. The van der Waals surface area contributed by atoms with Gasteiger partial charge in [-0.2, -0.15) is 0 Å². The molecule has 0 saturated heterocycles. The maximum Gasteiger partial charge on any atom is 0.0285 e. The number of hydrogen-bond donors (Lipinski definition) is 0. The molecule has 0 bridgehead atoms. The Hall–Kier alpha value is -1.06. The molecule has 2 aromatic rings. The zero-order chi connectivity index (χ0) is 8.39. The number of rotatable bonds is 1. The molecule has 0 atom stereocenters. The summed E-state index contributed by atoms with van der Waals surface area (Å²) in [7, 11) is 1.86. The monoisotopic (exact) mass is 352 g/mol. The van der Waals surface area contributed by atoms with Crippen LogP contribution in [-0.4, -0.2) is 19.7 Å². The maximum absolute atomic E-state index is 4.16. The fourth-order valence-corrected chi connectivity index (χ4v) is 0.933. The quantitative estimate of drug-likeness (QED) is 0.710. The van der Waals surface area contributed by atoms with Crippen molar-refractivity contribution in [3.8, 4) is 11.4 Å². The van der Waals surface area contributed by atoms with Crippen molar-refractivity contribution in [3.05, 3.63) is 30.9 Å². The SMILES string of the molecule is Cn1ccc(-c2[c-]nccn2)n1.[Ir]. The van der Waals surface area contributed by atoms with Gasteiger partial charge in [0.05, 0.1) is 0 Å². The van der Waals surface area contributed by atoms with Crippen LogP contribution >= 0.6 is 0 Å². The molecular formula is C8H7IrN4-. The van der Waals surface area contributed by atoms with Crippen LogP contribution in [0.5, 0.6) is 0 Å². The molecule has 0 spiro atoms. The molecule has 69 valence electrons. The molecule has 0 aromatic carbocycles. The van der Waals surface area contributed by atoms with Gasteiger partial charge in [-0.05, 0) is 11.9 Å². The minimum Gasteiger partial charge on any atom is -0.389 e. The molecule has 2 aromatic heterocycles. The molecule has 0 aliphatic rings. The normalized spacial score (nSPS) is 9.31. The summed E-state index contributed by atoms with van der Waals surface area (Å²) in [4.78, 5) is 7.90. The van der Waals surface area contributed by atoms with Crippen molar-refractivity contribution in [3.63, 3.8) is 0 Å². The summed E-state index contributed by atoms with van der Waals surface area (Å²) in [6.45, 7) is 0. The molecule has 0 aliphatic heterocycles. The first-order valence-electron chi connectivity index (χ1n) is 3.55. The summed E-state index contributed by atoms with van der Waals surface area (Å²) >= 11 is 0. The molecule has 13 heavy (non-hydrogen) atoms. The van der Waals surface area contributed by atoms with Gasteiger partial charge in [0.2, 0.25) is 0 Å². The predicted octanol–water partition coefficient (Wildman–Crippen LogP) is 0.675. The van der Waals surface area contributed by atoms with E-state index in [-0.39, 0.29) is 20.1 Å². The minimum atomic E-state index is 0. The Morgan fingerprint density at radius 2 is 2.23 bits per heavy atom. The van der Waals surface area contributed by atoms with E-state index in [1.165, 1.54) is 0 Å². The Balaban J connectivity index is 0.000000845. The summed E-state index contributed by atoms with van der Waals surface area (Å²) in [6.07, 6.45) is 7.84. The van der Waals surface area contributed by atoms with Gasteiger partial charge in [0, 0.05) is 39.0 Å². The molecule has 0 unspecified atom stereocenters. The van der Waals surface area contributed by atoms with E-state index >= 15 is 0 Å². The average molecular weight is 351 g/mol. The molecule has 5 heteroatoms. The summed E-state index contributed by atoms with van der Waals surface area (Å²) in [5.41, 5.74) is 1.48. The van der Waals surface area contributed by atoms with E-state index < -0.39 is 0 Å². The predicted molar refractivity (Wildman–Crippen MR) is 43.1 cm³/mol. The number of aryl methyl sites for hydroxylation is 1. The molecule has 2 heterocycles. The van der Waals surface area contributed by atoms with Crippen LogP contribution in [0.15, 0.2) is 24.7 Å². The second kappa shape index (κ2) is 4.25. The van der Waals surface area contributed by atoms with Gasteiger partial charge < -0.3 is 4.98 Å². The first-order chi connectivity index (χ1) is 5.86. The van der Waals surface area contributed by atoms with Gasteiger partial charge >= 0.3 is 0 Å². The van der Waals surface area contributed by atoms with Crippen LogP contribution in [0.1, 0.15) is 0 Å². The first kappa shape index (κ1) is 10.0. The van der Waals surface area contributed by atoms with Crippen molar-refractivity contribution >= 4 is 0 Å². The zero-order valence-electron chi connectivity index (χ0n) is 6.93. The van der Waals surface area contributed by atoms with Gasteiger partial charge in [-0.15, -0.1) is 0 Å². The van der Waals surface area contributed by atoms with Gasteiger partial charge in [-0.25, -0.2) is 5.10 Å². The standard InChI is InChI=1S/C8H7N4.Ir/c1-12-5-2-7(11-12)8-6-9-3-4-10-8;/h2-5H,1H3;/q-1;. The molecule has 4 nitrogen and oxygen atoms in total. The number of hydrogen-bond acceptors (Lipinski definition) is 3. The Bertz CT molecular complexity index is 371. The second-order valence-corrected chi connectivity index (χ2v) is 2.39. The molecule has 0 fully saturated rings. The average Bonchev–Trinajstić information content (AvgIpc) is 2.54. The Kier molecular flexibility index (Phi) is 3.28. The van der Waals surface area contributed by atoms with Gasteiger partial charge in [-0.1, -0.05) is 18.5 Å². The molecule has 1 radical (unpaired) electrons. The largest absolute Gasteiger partial charge is 0.389 e. The third kappa shape index (κ3) is 2.20. The van der Waals surface area contributed by atoms with Gasteiger partial charge in [-0.3, -0.25) is 9.67 Å². The minimum absolute atomic E-state index is 0. The van der Waals surface area contributed by atoms with Crippen LogP contribution in [0.25, 0.3) is 11.4 Å². The van der Waals surface area contributed by atoms with Crippen molar-refractivity contribution < 1.29 is 20.1 Å². The van der Waals surface area contributed by atoms with Crippen LogP contribution in [0.3, 0.4) is 0 Å². The smallest absolute Gasteiger partial charge is 0.0285 e. The van der Waals surface area contributed by atoms with Crippen LogP contribution in [0.4, 0.5) is 0 Å². The van der Waals surface area contributed by atoms with Gasteiger partial charge in [0.25, 0.3) is 0 Å². The fourth-order valence-electron chi connectivity index (χ4n) is 0.933. The van der Waals surface area contributed by atoms with Crippen molar-refractivity contribution in [1.82, 2.24) is 19.7 Å². The van der Waals surface area contributed by atoms with E-state index in [2.05, 4.69) is 21.3 Å². The molecule has 0 amide bonds. The maximum atomic E-state index is 4.16. The Labute approximate surface area is 89.4 Å². The van der Waals surface area contributed by atoms with Crippen LogP contribution in [-0.2, 0) is 27.2 Å².